The lowest BCUT2D eigenvalue weighted by atomic mass is 10.1. The van der Waals surface area contributed by atoms with Gasteiger partial charge in [0.15, 0.2) is 0 Å². The maximum Gasteiger partial charge on any atom is 0.412 e. The SMILES string of the molecule is COc1ccc(-c2ccc(NC(=O)OCc3ccccc3)c(=O)n2CC(=O)NC(CO)C(F)(F)F)cc1. The Morgan fingerprint density at radius 1 is 1.03 bits per heavy atom. The molecular formula is C25H24F3N3O6. The van der Waals surface area contributed by atoms with E-state index in [0.717, 1.165) is 4.57 Å². The highest BCUT2D eigenvalue weighted by atomic mass is 19.4. The minimum absolute atomic E-state index is 0.0623. The van der Waals surface area contributed by atoms with E-state index in [9.17, 15) is 27.6 Å². The van der Waals surface area contributed by atoms with Crippen LogP contribution in [0.15, 0.2) is 71.5 Å². The highest BCUT2D eigenvalue weighted by Gasteiger charge is 2.40. The number of ether oxygens (including phenoxy) is 2. The molecule has 3 rings (SSSR count). The van der Waals surface area contributed by atoms with Crippen molar-refractivity contribution >= 4 is 17.7 Å². The molecule has 0 aliphatic rings. The van der Waals surface area contributed by atoms with Gasteiger partial charge in [-0.3, -0.25) is 19.5 Å². The lowest BCUT2D eigenvalue weighted by molar-refractivity contribution is -0.168. The molecule has 9 nitrogen and oxygen atoms in total. The van der Waals surface area contributed by atoms with Gasteiger partial charge in [-0.25, -0.2) is 4.79 Å². The van der Waals surface area contributed by atoms with Gasteiger partial charge in [-0.1, -0.05) is 30.3 Å². The summed E-state index contributed by atoms with van der Waals surface area (Å²) in [5.41, 5.74) is 0.257. The number of nitrogens with one attached hydrogen (secondary N) is 2. The van der Waals surface area contributed by atoms with Crippen LogP contribution >= 0.6 is 0 Å². The Labute approximate surface area is 209 Å². The van der Waals surface area contributed by atoms with Crippen molar-refractivity contribution in [2.24, 2.45) is 0 Å². The molecule has 0 radical (unpaired) electrons. The van der Waals surface area contributed by atoms with Gasteiger partial charge in [0.1, 0.15) is 30.6 Å². The maximum absolute atomic E-state index is 13.2. The van der Waals surface area contributed by atoms with Gasteiger partial charge in [-0.05, 0) is 47.5 Å². The van der Waals surface area contributed by atoms with Crippen LogP contribution in [0.3, 0.4) is 0 Å². The number of aliphatic hydroxyl groups excluding tert-OH is 1. The fraction of sp³-hybridized carbons (Fsp3) is 0.240. The van der Waals surface area contributed by atoms with Crippen LogP contribution < -0.4 is 20.9 Å². The summed E-state index contributed by atoms with van der Waals surface area (Å²) in [4.78, 5) is 37.9. The molecule has 0 saturated heterocycles. The minimum Gasteiger partial charge on any atom is -0.497 e. The smallest absolute Gasteiger partial charge is 0.412 e. The molecule has 1 heterocycles. The number of halogens is 3. The van der Waals surface area contributed by atoms with Crippen molar-refractivity contribution in [3.8, 4) is 17.0 Å². The van der Waals surface area contributed by atoms with E-state index in [2.05, 4.69) is 5.32 Å². The van der Waals surface area contributed by atoms with Crippen molar-refractivity contribution in [3.05, 3.63) is 82.6 Å². The summed E-state index contributed by atoms with van der Waals surface area (Å²) in [5, 5.41) is 13.0. The van der Waals surface area contributed by atoms with Crippen LogP contribution in [0, 0.1) is 0 Å². The maximum atomic E-state index is 13.2. The molecule has 0 spiro atoms. The number of anilines is 1. The summed E-state index contributed by atoms with van der Waals surface area (Å²) in [5.74, 6) is -0.650. The van der Waals surface area contributed by atoms with E-state index in [1.165, 1.54) is 19.2 Å². The Morgan fingerprint density at radius 3 is 2.30 bits per heavy atom. The minimum atomic E-state index is -4.89. The van der Waals surface area contributed by atoms with E-state index in [1.54, 1.807) is 59.9 Å². The summed E-state index contributed by atoms with van der Waals surface area (Å²) < 4.78 is 50.1. The lowest BCUT2D eigenvalue weighted by Crippen LogP contribution is -2.49. The number of aromatic nitrogens is 1. The van der Waals surface area contributed by atoms with Gasteiger partial charge in [0.05, 0.1) is 19.4 Å². The first kappa shape index (κ1) is 27.3. The Morgan fingerprint density at radius 2 is 1.70 bits per heavy atom. The topological polar surface area (TPSA) is 119 Å². The van der Waals surface area contributed by atoms with Crippen molar-refractivity contribution in [3.63, 3.8) is 0 Å². The number of nitrogens with zero attached hydrogens (tertiary/aromatic N) is 1. The molecule has 0 fully saturated rings. The number of methoxy groups -OCH3 is 1. The first-order chi connectivity index (χ1) is 17.6. The van der Waals surface area contributed by atoms with E-state index in [4.69, 9.17) is 14.6 Å². The van der Waals surface area contributed by atoms with E-state index < -0.39 is 42.9 Å². The number of amides is 2. The van der Waals surface area contributed by atoms with E-state index >= 15 is 0 Å². The Bertz CT molecular complexity index is 1280. The zero-order valence-corrected chi connectivity index (χ0v) is 19.6. The Balaban J connectivity index is 1.88. The highest BCUT2D eigenvalue weighted by molar-refractivity contribution is 5.85. The van der Waals surface area contributed by atoms with E-state index in [-0.39, 0.29) is 18.0 Å². The number of aliphatic hydroxyl groups is 1. The molecule has 12 heteroatoms. The molecule has 1 atom stereocenters. The summed E-state index contributed by atoms with van der Waals surface area (Å²) in [6.45, 7) is -2.25. The molecule has 1 unspecified atom stereocenters. The first-order valence-corrected chi connectivity index (χ1v) is 10.9. The van der Waals surface area contributed by atoms with Crippen molar-refractivity contribution in [1.29, 1.82) is 0 Å². The second-order valence-corrected chi connectivity index (χ2v) is 7.78. The first-order valence-electron chi connectivity index (χ1n) is 10.9. The third kappa shape index (κ3) is 7.34. The number of hydrogen-bond acceptors (Lipinski definition) is 6. The van der Waals surface area contributed by atoms with Gasteiger partial charge < -0.3 is 19.9 Å². The molecule has 196 valence electrons. The molecule has 0 aliphatic carbocycles. The number of rotatable bonds is 9. The molecule has 37 heavy (non-hydrogen) atoms. The number of hydrogen-bond donors (Lipinski definition) is 3. The monoisotopic (exact) mass is 519 g/mol. The largest absolute Gasteiger partial charge is 0.497 e. The number of benzene rings is 2. The number of carbonyl (C=O) groups is 2. The molecular weight excluding hydrogens is 495 g/mol. The van der Waals surface area contributed by atoms with Gasteiger partial charge in [-0.2, -0.15) is 13.2 Å². The van der Waals surface area contributed by atoms with Gasteiger partial charge in [-0.15, -0.1) is 0 Å². The zero-order valence-electron chi connectivity index (χ0n) is 19.6. The number of alkyl halides is 3. The molecule has 2 amide bonds. The van der Waals surface area contributed by atoms with Crippen LogP contribution in [-0.2, 0) is 22.7 Å². The van der Waals surface area contributed by atoms with Crippen molar-refractivity contribution in [1.82, 2.24) is 9.88 Å². The molecule has 2 aromatic carbocycles. The van der Waals surface area contributed by atoms with E-state index in [1.807, 2.05) is 0 Å². The van der Waals surface area contributed by atoms with Gasteiger partial charge in [0, 0.05) is 0 Å². The predicted octanol–water partition coefficient (Wildman–Crippen LogP) is 3.31. The predicted molar refractivity (Wildman–Crippen MR) is 128 cm³/mol. The molecule has 0 aliphatic heterocycles. The summed E-state index contributed by atoms with van der Waals surface area (Å²) in [6, 6.07) is 15.4. The fourth-order valence-corrected chi connectivity index (χ4v) is 3.33. The molecule has 3 aromatic rings. The van der Waals surface area contributed by atoms with Crippen LogP contribution in [0.5, 0.6) is 5.75 Å². The average molecular weight is 519 g/mol. The molecule has 0 bridgehead atoms. The third-order valence-corrected chi connectivity index (χ3v) is 5.22. The number of pyridine rings is 1. The average Bonchev–Trinajstić information content (AvgIpc) is 2.88. The summed E-state index contributed by atoms with van der Waals surface area (Å²) >= 11 is 0. The molecule has 0 saturated carbocycles. The van der Waals surface area contributed by atoms with E-state index in [0.29, 0.717) is 16.9 Å². The van der Waals surface area contributed by atoms with Crippen molar-refractivity contribution in [2.75, 3.05) is 19.0 Å². The standard InChI is InChI=1S/C25H24F3N3O6/c1-36-18-9-7-17(8-10-18)20-12-11-19(29-24(35)37-15-16-5-3-2-4-6-16)23(34)31(20)13-22(33)30-21(14-32)25(26,27)28/h2-12,21,32H,13-15H2,1H3,(H,29,35)(H,30,33). The van der Waals surface area contributed by atoms with Gasteiger partial charge in [0.25, 0.3) is 5.56 Å². The van der Waals surface area contributed by atoms with Crippen molar-refractivity contribution < 1.29 is 37.3 Å². The summed E-state index contributed by atoms with van der Waals surface area (Å²) in [7, 11) is 1.46. The van der Waals surface area contributed by atoms with Crippen LogP contribution in [-0.4, -0.2) is 47.6 Å². The number of carbonyl (C=O) groups excluding carboxylic acids is 2. The van der Waals surface area contributed by atoms with Crippen LogP contribution in [0.2, 0.25) is 0 Å². The van der Waals surface area contributed by atoms with Gasteiger partial charge >= 0.3 is 12.3 Å². The summed E-state index contributed by atoms with van der Waals surface area (Å²) in [6.07, 6.45) is -5.83. The van der Waals surface area contributed by atoms with Crippen LogP contribution in [0.1, 0.15) is 5.56 Å². The second kappa shape index (κ2) is 12.1. The van der Waals surface area contributed by atoms with Gasteiger partial charge in [0.2, 0.25) is 5.91 Å². The fourth-order valence-electron chi connectivity index (χ4n) is 3.33. The molecule has 3 N–H and O–H groups in total. The van der Waals surface area contributed by atoms with Crippen molar-refractivity contribution in [2.45, 2.75) is 25.4 Å². The quantitative estimate of drug-likeness (QED) is 0.399. The Hall–Kier alpha value is -4.32. The van der Waals surface area contributed by atoms with Crippen LogP contribution in [0.25, 0.3) is 11.3 Å². The lowest BCUT2D eigenvalue weighted by Gasteiger charge is -2.21. The van der Waals surface area contributed by atoms with Crippen LogP contribution in [0.4, 0.5) is 23.7 Å². The zero-order chi connectivity index (χ0) is 27.0. The normalized spacial score (nSPS) is 11.9. The highest BCUT2D eigenvalue weighted by Crippen LogP contribution is 2.23. The third-order valence-electron chi connectivity index (χ3n) is 5.22. The second-order valence-electron chi connectivity index (χ2n) is 7.78. The molecule has 1 aromatic heterocycles. The Kier molecular flexibility index (Phi) is 8.90.